The lowest BCUT2D eigenvalue weighted by molar-refractivity contribution is 0.151. The molecule has 1 fully saturated rings. The molecular weight excluding hydrogens is 323 g/mol. The van der Waals surface area contributed by atoms with Crippen LogP contribution in [0, 0.1) is 11.7 Å². The molecule has 0 spiro atoms. The minimum absolute atomic E-state index is 0.0594. The van der Waals surface area contributed by atoms with Crippen molar-refractivity contribution in [3.63, 3.8) is 0 Å². The summed E-state index contributed by atoms with van der Waals surface area (Å²) in [7, 11) is 0. The van der Waals surface area contributed by atoms with Gasteiger partial charge in [-0.25, -0.2) is 4.39 Å². The molecular formula is C15H22BrFN2O. The number of halogens is 2. The minimum atomic E-state index is -0.557. The number of piperazine rings is 1. The monoisotopic (exact) mass is 344 g/mol. The second kappa shape index (κ2) is 6.87. The van der Waals surface area contributed by atoms with Crippen LogP contribution in [0.4, 0.5) is 4.39 Å². The van der Waals surface area contributed by atoms with E-state index in [1.165, 1.54) is 6.07 Å². The van der Waals surface area contributed by atoms with Gasteiger partial charge in [0.1, 0.15) is 0 Å². The molecule has 1 aromatic rings. The first-order valence-corrected chi connectivity index (χ1v) is 7.91. The van der Waals surface area contributed by atoms with Crippen molar-refractivity contribution in [3.8, 4) is 5.75 Å². The first-order valence-electron chi connectivity index (χ1n) is 7.11. The Morgan fingerprint density at radius 2 is 2.00 bits per heavy atom. The highest BCUT2D eigenvalue weighted by Gasteiger charge is 2.26. The summed E-state index contributed by atoms with van der Waals surface area (Å²) >= 11 is 3.32. The third-order valence-corrected chi connectivity index (χ3v) is 4.16. The molecule has 1 heterocycles. The molecule has 2 N–H and O–H groups in total. The van der Waals surface area contributed by atoms with Gasteiger partial charge in [-0.3, -0.25) is 4.90 Å². The molecule has 0 radical (unpaired) electrons. The Bertz CT molecular complexity index is 461. The molecule has 0 bridgehead atoms. The molecule has 2 rings (SSSR count). The summed E-state index contributed by atoms with van der Waals surface area (Å²) in [6.45, 7) is 8.02. The van der Waals surface area contributed by atoms with E-state index in [-0.39, 0.29) is 11.8 Å². The Morgan fingerprint density at radius 1 is 1.35 bits per heavy atom. The quantitative estimate of drug-likeness (QED) is 0.879. The van der Waals surface area contributed by atoms with E-state index in [0.29, 0.717) is 16.0 Å². The van der Waals surface area contributed by atoms with Gasteiger partial charge in [0, 0.05) is 42.3 Å². The number of hydrogen-bond acceptors (Lipinski definition) is 3. The van der Waals surface area contributed by atoms with Gasteiger partial charge in [0.05, 0.1) is 0 Å². The number of aromatic hydroxyl groups is 1. The van der Waals surface area contributed by atoms with Crippen LogP contribution in [0.25, 0.3) is 0 Å². The van der Waals surface area contributed by atoms with Crippen LogP contribution in [0.2, 0.25) is 0 Å². The lowest BCUT2D eigenvalue weighted by Crippen LogP contribution is -2.45. The summed E-state index contributed by atoms with van der Waals surface area (Å²) in [5.74, 6) is -0.285. The fourth-order valence-electron chi connectivity index (χ4n) is 2.75. The molecule has 0 unspecified atom stereocenters. The number of benzene rings is 1. The van der Waals surface area contributed by atoms with E-state index in [9.17, 15) is 9.50 Å². The van der Waals surface area contributed by atoms with Gasteiger partial charge in [0.15, 0.2) is 11.6 Å². The zero-order valence-corrected chi connectivity index (χ0v) is 13.6. The van der Waals surface area contributed by atoms with Gasteiger partial charge in [-0.15, -0.1) is 0 Å². The summed E-state index contributed by atoms with van der Waals surface area (Å²) < 4.78 is 14.5. The molecule has 5 heteroatoms. The number of phenols is 1. The first-order chi connectivity index (χ1) is 9.49. The Morgan fingerprint density at radius 3 is 2.60 bits per heavy atom. The number of nitrogens with one attached hydrogen (secondary N) is 1. The van der Waals surface area contributed by atoms with Crippen molar-refractivity contribution in [1.82, 2.24) is 10.2 Å². The molecule has 20 heavy (non-hydrogen) atoms. The molecule has 0 aromatic heterocycles. The third-order valence-electron chi connectivity index (χ3n) is 3.70. The second-order valence-corrected chi connectivity index (χ2v) is 6.67. The second-order valence-electron chi connectivity index (χ2n) is 5.76. The highest BCUT2D eigenvalue weighted by atomic mass is 79.9. The van der Waals surface area contributed by atoms with E-state index in [1.807, 2.05) is 6.07 Å². The molecule has 1 atom stereocenters. The zero-order valence-electron chi connectivity index (χ0n) is 12.0. The summed E-state index contributed by atoms with van der Waals surface area (Å²) in [5.41, 5.74) is 0.687. The normalized spacial score (nSPS) is 18.4. The molecule has 1 aliphatic rings. The summed E-state index contributed by atoms with van der Waals surface area (Å²) in [5, 5.41) is 13.4. The largest absolute Gasteiger partial charge is 0.505 e. The fraction of sp³-hybridized carbons (Fsp3) is 0.600. The van der Waals surface area contributed by atoms with Crippen LogP contribution < -0.4 is 5.32 Å². The maximum Gasteiger partial charge on any atom is 0.166 e. The standard InChI is InChI=1S/C15H22BrFN2O/c1-10(2)7-14(19-5-3-18-4-6-19)12-8-11(16)9-13(17)15(12)20/h8-10,14,18,20H,3-7H2,1-2H3/t14-/m0/s1. The topological polar surface area (TPSA) is 35.5 Å². The van der Waals surface area contributed by atoms with Crippen LogP contribution in [0.3, 0.4) is 0 Å². The van der Waals surface area contributed by atoms with Crippen LogP contribution in [0.5, 0.6) is 5.75 Å². The molecule has 0 saturated carbocycles. The summed E-state index contributed by atoms with van der Waals surface area (Å²) in [6.07, 6.45) is 0.906. The van der Waals surface area contributed by atoms with Crippen LogP contribution >= 0.6 is 15.9 Å². The molecule has 1 saturated heterocycles. The average molecular weight is 345 g/mol. The molecule has 0 amide bonds. The van der Waals surface area contributed by atoms with E-state index in [0.717, 1.165) is 32.6 Å². The van der Waals surface area contributed by atoms with E-state index in [2.05, 4.69) is 40.0 Å². The van der Waals surface area contributed by atoms with Gasteiger partial charge in [-0.1, -0.05) is 29.8 Å². The summed E-state index contributed by atoms with van der Waals surface area (Å²) in [6, 6.07) is 3.21. The Labute approximate surface area is 128 Å². The number of rotatable bonds is 4. The van der Waals surface area contributed by atoms with Gasteiger partial charge in [0.2, 0.25) is 0 Å². The lowest BCUT2D eigenvalue weighted by Gasteiger charge is -2.36. The smallest absolute Gasteiger partial charge is 0.166 e. The van der Waals surface area contributed by atoms with Gasteiger partial charge in [-0.05, 0) is 24.5 Å². The predicted molar refractivity (Wildman–Crippen MR) is 82.4 cm³/mol. The highest BCUT2D eigenvalue weighted by Crippen LogP contribution is 2.37. The van der Waals surface area contributed by atoms with Crippen molar-refractivity contribution < 1.29 is 9.50 Å². The Hall–Kier alpha value is -0.650. The SMILES string of the molecule is CC(C)C[C@@H](c1cc(Br)cc(F)c1O)N1CCNCC1. The zero-order chi connectivity index (χ0) is 14.7. The van der Waals surface area contributed by atoms with Gasteiger partial charge >= 0.3 is 0 Å². The van der Waals surface area contributed by atoms with E-state index in [1.54, 1.807) is 0 Å². The molecule has 1 aromatic carbocycles. The summed E-state index contributed by atoms with van der Waals surface area (Å²) in [4.78, 5) is 2.33. The maximum absolute atomic E-state index is 13.8. The fourth-order valence-corrected chi connectivity index (χ4v) is 3.20. The van der Waals surface area contributed by atoms with Crippen LogP contribution in [-0.2, 0) is 0 Å². The van der Waals surface area contributed by atoms with Crippen LogP contribution in [0.1, 0.15) is 31.9 Å². The third kappa shape index (κ3) is 3.71. The molecule has 3 nitrogen and oxygen atoms in total. The lowest BCUT2D eigenvalue weighted by atomic mass is 9.94. The Kier molecular flexibility index (Phi) is 5.41. The van der Waals surface area contributed by atoms with E-state index in [4.69, 9.17) is 0 Å². The highest BCUT2D eigenvalue weighted by molar-refractivity contribution is 9.10. The van der Waals surface area contributed by atoms with E-state index >= 15 is 0 Å². The van der Waals surface area contributed by atoms with Crippen molar-refractivity contribution in [3.05, 3.63) is 28.0 Å². The van der Waals surface area contributed by atoms with Crippen molar-refractivity contribution in [2.24, 2.45) is 5.92 Å². The Balaban J connectivity index is 2.34. The maximum atomic E-state index is 13.8. The van der Waals surface area contributed by atoms with E-state index < -0.39 is 5.82 Å². The van der Waals surface area contributed by atoms with Crippen molar-refractivity contribution in [1.29, 1.82) is 0 Å². The number of hydrogen-bond donors (Lipinski definition) is 2. The van der Waals surface area contributed by atoms with Crippen molar-refractivity contribution in [2.45, 2.75) is 26.3 Å². The molecule has 1 aliphatic heterocycles. The first kappa shape index (κ1) is 15.7. The van der Waals surface area contributed by atoms with Gasteiger partial charge in [0.25, 0.3) is 0 Å². The average Bonchev–Trinajstić information content (AvgIpc) is 2.41. The van der Waals surface area contributed by atoms with Gasteiger partial charge < -0.3 is 10.4 Å². The van der Waals surface area contributed by atoms with Crippen LogP contribution in [-0.4, -0.2) is 36.2 Å². The number of nitrogens with zero attached hydrogens (tertiary/aromatic N) is 1. The molecule has 0 aliphatic carbocycles. The van der Waals surface area contributed by atoms with Crippen molar-refractivity contribution >= 4 is 15.9 Å². The molecule has 112 valence electrons. The predicted octanol–water partition coefficient (Wildman–Crippen LogP) is 3.29. The van der Waals surface area contributed by atoms with Gasteiger partial charge in [-0.2, -0.15) is 0 Å². The number of phenolic OH excluding ortho intramolecular Hbond substituents is 1. The minimum Gasteiger partial charge on any atom is -0.505 e. The van der Waals surface area contributed by atoms with Crippen molar-refractivity contribution in [2.75, 3.05) is 26.2 Å². The van der Waals surface area contributed by atoms with Crippen LogP contribution in [0.15, 0.2) is 16.6 Å².